The van der Waals surface area contributed by atoms with Crippen molar-refractivity contribution in [2.24, 2.45) is 0 Å². The summed E-state index contributed by atoms with van der Waals surface area (Å²) in [6.07, 6.45) is 11.7. The molecule has 0 saturated carbocycles. The van der Waals surface area contributed by atoms with Gasteiger partial charge in [0.15, 0.2) is 0 Å². The molecule has 2 rings (SSSR count). The molecule has 2 aromatic rings. The van der Waals surface area contributed by atoms with Gasteiger partial charge in [0.1, 0.15) is 5.82 Å². The van der Waals surface area contributed by atoms with Crippen molar-refractivity contribution < 1.29 is 0 Å². The van der Waals surface area contributed by atoms with Gasteiger partial charge in [-0.15, -0.1) is 0 Å². The Kier molecular flexibility index (Phi) is 8.02. The Bertz CT molecular complexity index is 703. The van der Waals surface area contributed by atoms with Crippen LogP contribution in [0.5, 0.6) is 0 Å². The Balaban J connectivity index is 1.71. The zero-order chi connectivity index (χ0) is 17.9. The zero-order valence-corrected chi connectivity index (χ0v) is 15.1. The highest BCUT2D eigenvalue weighted by Crippen LogP contribution is 2.16. The number of aromatic amines is 2. The molecule has 0 unspecified atom stereocenters. The van der Waals surface area contributed by atoms with Crippen molar-refractivity contribution in [2.75, 3.05) is 5.32 Å². The van der Waals surface area contributed by atoms with Gasteiger partial charge in [0.05, 0.1) is 0 Å². The third-order valence-corrected chi connectivity index (χ3v) is 4.31. The number of H-pyrrole nitrogens is 2. The van der Waals surface area contributed by atoms with Crippen LogP contribution < -0.4 is 16.6 Å². The maximum Gasteiger partial charge on any atom is 0.327 e. The molecule has 0 bridgehead atoms. The fraction of sp³-hybridized carbons (Fsp3) is 0.500. The van der Waals surface area contributed by atoms with Gasteiger partial charge in [-0.25, -0.2) is 4.79 Å². The fourth-order valence-electron chi connectivity index (χ4n) is 2.91. The predicted molar refractivity (Wildman–Crippen MR) is 104 cm³/mol. The Morgan fingerprint density at radius 1 is 0.840 bits per heavy atom. The summed E-state index contributed by atoms with van der Waals surface area (Å²) in [5, 5.41) is 3.04. The van der Waals surface area contributed by atoms with E-state index in [0.29, 0.717) is 5.82 Å². The van der Waals surface area contributed by atoms with E-state index in [1.165, 1.54) is 63.0 Å². The van der Waals surface area contributed by atoms with Crippen molar-refractivity contribution in [3.05, 3.63) is 56.7 Å². The van der Waals surface area contributed by atoms with Crippen LogP contribution >= 0.6 is 0 Å². The highest BCUT2D eigenvalue weighted by Gasteiger charge is 1.99. The van der Waals surface area contributed by atoms with E-state index in [4.69, 9.17) is 0 Å². The first-order chi connectivity index (χ1) is 12.2. The highest BCUT2D eigenvalue weighted by atomic mass is 16.2. The van der Waals surface area contributed by atoms with Crippen molar-refractivity contribution in [1.82, 2.24) is 9.97 Å². The van der Waals surface area contributed by atoms with Gasteiger partial charge in [0.2, 0.25) is 0 Å². The first kappa shape index (κ1) is 19.0. The van der Waals surface area contributed by atoms with E-state index in [-0.39, 0.29) is 0 Å². The second kappa shape index (κ2) is 10.5. The van der Waals surface area contributed by atoms with Crippen LogP contribution in [0.4, 0.5) is 11.5 Å². The van der Waals surface area contributed by atoms with Crippen LogP contribution in [0.1, 0.15) is 63.9 Å². The van der Waals surface area contributed by atoms with Crippen molar-refractivity contribution >= 4 is 11.5 Å². The minimum absolute atomic E-state index is 0.393. The highest BCUT2D eigenvalue weighted by molar-refractivity contribution is 5.55. The third-order valence-electron chi connectivity index (χ3n) is 4.31. The van der Waals surface area contributed by atoms with Gasteiger partial charge >= 0.3 is 5.69 Å². The van der Waals surface area contributed by atoms with Crippen molar-refractivity contribution in [3.63, 3.8) is 0 Å². The molecule has 0 atom stereocenters. The summed E-state index contributed by atoms with van der Waals surface area (Å²) in [5.41, 5.74) is 1.23. The normalized spacial score (nSPS) is 10.8. The topological polar surface area (TPSA) is 77.8 Å². The van der Waals surface area contributed by atoms with Crippen LogP contribution in [0.25, 0.3) is 0 Å². The molecule has 0 amide bonds. The van der Waals surface area contributed by atoms with E-state index >= 15 is 0 Å². The number of unbranched alkanes of at least 4 members (excludes halogenated alkanes) is 7. The van der Waals surface area contributed by atoms with Crippen molar-refractivity contribution in [1.29, 1.82) is 0 Å². The standard InChI is InChI=1S/C20H29N3O2/c1-2-3-4-5-6-7-8-9-10-16-11-13-17(14-12-16)21-18-15-19(24)23-20(25)22-18/h11-15H,2-10H2,1H3,(H3,21,22,23,24,25). The Hall–Kier alpha value is -2.30. The number of hydrogen-bond donors (Lipinski definition) is 3. The maximum atomic E-state index is 11.3. The van der Waals surface area contributed by atoms with E-state index in [1.807, 2.05) is 12.1 Å². The molecule has 1 aromatic heterocycles. The maximum absolute atomic E-state index is 11.3. The van der Waals surface area contributed by atoms with Gasteiger partial charge in [-0.3, -0.25) is 14.8 Å². The van der Waals surface area contributed by atoms with Crippen LogP contribution in [-0.4, -0.2) is 9.97 Å². The Labute approximate surface area is 148 Å². The summed E-state index contributed by atoms with van der Waals surface area (Å²) in [4.78, 5) is 27.2. The number of rotatable bonds is 11. The van der Waals surface area contributed by atoms with E-state index in [1.54, 1.807) is 0 Å². The lowest BCUT2D eigenvalue weighted by Gasteiger charge is -2.07. The number of nitrogens with one attached hydrogen (secondary N) is 3. The van der Waals surface area contributed by atoms with Gasteiger partial charge in [-0.05, 0) is 30.5 Å². The summed E-state index contributed by atoms with van der Waals surface area (Å²) < 4.78 is 0. The van der Waals surface area contributed by atoms with E-state index in [0.717, 1.165) is 12.1 Å². The lowest BCUT2D eigenvalue weighted by molar-refractivity contribution is 0.575. The smallest absolute Gasteiger partial charge is 0.327 e. The van der Waals surface area contributed by atoms with E-state index < -0.39 is 11.2 Å². The lowest BCUT2D eigenvalue weighted by atomic mass is 10.0. The van der Waals surface area contributed by atoms with Gasteiger partial charge in [-0.2, -0.15) is 0 Å². The minimum atomic E-state index is -0.513. The van der Waals surface area contributed by atoms with Crippen LogP contribution in [0.15, 0.2) is 39.9 Å². The molecule has 0 radical (unpaired) electrons. The van der Waals surface area contributed by atoms with Crippen LogP contribution in [0.3, 0.4) is 0 Å². The zero-order valence-electron chi connectivity index (χ0n) is 15.1. The average Bonchev–Trinajstić information content (AvgIpc) is 2.58. The Morgan fingerprint density at radius 2 is 1.48 bits per heavy atom. The molecule has 25 heavy (non-hydrogen) atoms. The second-order valence-electron chi connectivity index (χ2n) is 6.55. The molecule has 5 nitrogen and oxygen atoms in total. The number of anilines is 2. The molecular weight excluding hydrogens is 314 g/mol. The van der Waals surface area contributed by atoms with Gasteiger partial charge < -0.3 is 5.32 Å². The number of benzene rings is 1. The largest absolute Gasteiger partial charge is 0.342 e. The molecule has 1 aromatic carbocycles. The molecule has 136 valence electrons. The van der Waals surface area contributed by atoms with Gasteiger partial charge in [0.25, 0.3) is 5.56 Å². The molecule has 0 spiro atoms. The first-order valence-corrected chi connectivity index (χ1v) is 9.37. The van der Waals surface area contributed by atoms with E-state index in [2.05, 4.69) is 34.3 Å². The molecule has 0 aliphatic carbocycles. The summed E-state index contributed by atoms with van der Waals surface area (Å²) in [6, 6.07) is 9.46. The predicted octanol–water partition coefficient (Wildman–Crippen LogP) is 4.49. The lowest BCUT2D eigenvalue weighted by Crippen LogP contribution is -2.22. The molecule has 0 aliphatic rings. The Morgan fingerprint density at radius 3 is 2.12 bits per heavy atom. The average molecular weight is 343 g/mol. The molecule has 0 fully saturated rings. The third kappa shape index (κ3) is 7.42. The van der Waals surface area contributed by atoms with Crippen LogP contribution in [0, 0.1) is 0 Å². The molecule has 1 heterocycles. The number of aromatic nitrogens is 2. The van der Waals surface area contributed by atoms with Crippen LogP contribution in [0.2, 0.25) is 0 Å². The van der Waals surface area contributed by atoms with Crippen molar-refractivity contribution in [3.8, 4) is 0 Å². The molecule has 0 saturated heterocycles. The first-order valence-electron chi connectivity index (χ1n) is 9.37. The number of hydrogen-bond acceptors (Lipinski definition) is 3. The monoisotopic (exact) mass is 343 g/mol. The second-order valence-corrected chi connectivity index (χ2v) is 6.55. The quantitative estimate of drug-likeness (QED) is 0.526. The SMILES string of the molecule is CCCCCCCCCCc1ccc(Nc2cc(=O)[nH]c(=O)[nH]2)cc1. The molecule has 0 aliphatic heterocycles. The van der Waals surface area contributed by atoms with Gasteiger partial charge in [-0.1, -0.05) is 64.0 Å². The summed E-state index contributed by atoms with van der Waals surface area (Å²) in [5.74, 6) is 0.393. The number of aryl methyl sites for hydroxylation is 1. The summed E-state index contributed by atoms with van der Waals surface area (Å²) >= 11 is 0. The summed E-state index contributed by atoms with van der Waals surface area (Å²) in [6.45, 7) is 2.25. The molecule has 5 heteroatoms. The van der Waals surface area contributed by atoms with E-state index in [9.17, 15) is 9.59 Å². The van der Waals surface area contributed by atoms with Gasteiger partial charge in [0, 0.05) is 11.8 Å². The fourth-order valence-corrected chi connectivity index (χ4v) is 2.91. The molecular formula is C20H29N3O2. The molecule has 3 N–H and O–H groups in total. The minimum Gasteiger partial charge on any atom is -0.342 e. The van der Waals surface area contributed by atoms with Crippen LogP contribution in [-0.2, 0) is 6.42 Å². The van der Waals surface area contributed by atoms with Crippen molar-refractivity contribution in [2.45, 2.75) is 64.7 Å². The summed E-state index contributed by atoms with van der Waals surface area (Å²) in [7, 11) is 0.